The highest BCUT2D eigenvalue weighted by molar-refractivity contribution is 5.97. The van der Waals surface area contributed by atoms with E-state index in [9.17, 15) is 14.0 Å². The zero-order chi connectivity index (χ0) is 27.9. The van der Waals surface area contributed by atoms with E-state index < -0.39 is 29.8 Å². The van der Waals surface area contributed by atoms with Crippen molar-refractivity contribution in [1.82, 2.24) is 19.9 Å². The first-order valence-electron chi connectivity index (χ1n) is 13.1. The van der Waals surface area contributed by atoms with E-state index in [-0.39, 0.29) is 5.69 Å². The SMILES string of the molecule is CCO/C=C/c1cccc2c1CCN2c1cc(N(C)C(=O)OC(C)(C)C)c2ncc(C(=O)N[C@@H]3C[C@@H]3F)n2n1. The van der Waals surface area contributed by atoms with Gasteiger partial charge in [-0.3, -0.25) is 9.69 Å². The summed E-state index contributed by atoms with van der Waals surface area (Å²) in [4.78, 5) is 33.8. The minimum absolute atomic E-state index is 0.151. The topological polar surface area (TPSA) is 101 Å². The Hall–Kier alpha value is -4.15. The monoisotopic (exact) mass is 536 g/mol. The van der Waals surface area contributed by atoms with Gasteiger partial charge in [-0.1, -0.05) is 12.1 Å². The highest BCUT2D eigenvalue weighted by Crippen LogP contribution is 2.38. The number of fused-ring (bicyclic) bond motifs is 2. The molecule has 0 saturated heterocycles. The first-order valence-corrected chi connectivity index (χ1v) is 13.1. The summed E-state index contributed by atoms with van der Waals surface area (Å²) in [6.07, 6.45) is 4.47. The van der Waals surface area contributed by atoms with Crippen molar-refractivity contribution in [3.63, 3.8) is 0 Å². The number of alkyl halides is 1. The van der Waals surface area contributed by atoms with Crippen LogP contribution in [-0.4, -0.2) is 64.6 Å². The minimum Gasteiger partial charge on any atom is -0.501 e. The van der Waals surface area contributed by atoms with Gasteiger partial charge in [0.15, 0.2) is 17.2 Å². The zero-order valence-corrected chi connectivity index (χ0v) is 22.8. The molecule has 3 heterocycles. The number of carbonyl (C=O) groups is 2. The van der Waals surface area contributed by atoms with Gasteiger partial charge >= 0.3 is 6.09 Å². The predicted octanol–water partition coefficient (Wildman–Crippen LogP) is 4.64. The van der Waals surface area contributed by atoms with Gasteiger partial charge in [-0.2, -0.15) is 0 Å². The van der Waals surface area contributed by atoms with Crippen LogP contribution in [0.2, 0.25) is 0 Å². The third-order valence-corrected chi connectivity index (χ3v) is 6.58. The van der Waals surface area contributed by atoms with E-state index in [2.05, 4.69) is 10.3 Å². The molecule has 2 atom stereocenters. The Kier molecular flexibility index (Phi) is 6.92. The van der Waals surface area contributed by atoms with Crippen LogP contribution in [0.4, 0.5) is 26.4 Å². The Labute approximate surface area is 226 Å². The number of carbonyl (C=O) groups excluding carboxylic acids is 2. The molecule has 2 amide bonds. The molecule has 0 radical (unpaired) electrons. The van der Waals surface area contributed by atoms with Gasteiger partial charge in [-0.25, -0.2) is 18.7 Å². The third kappa shape index (κ3) is 5.39. The van der Waals surface area contributed by atoms with E-state index in [0.717, 1.165) is 23.2 Å². The van der Waals surface area contributed by atoms with Gasteiger partial charge in [-0.05, 0) is 57.4 Å². The molecule has 11 heteroatoms. The molecule has 5 rings (SSSR count). The maximum Gasteiger partial charge on any atom is 0.414 e. The van der Waals surface area contributed by atoms with Gasteiger partial charge in [0.05, 0.1) is 30.8 Å². The number of hydrogen-bond donors (Lipinski definition) is 1. The molecule has 3 aromatic rings. The maximum atomic E-state index is 13.5. The summed E-state index contributed by atoms with van der Waals surface area (Å²) in [5.41, 5.74) is 3.33. The molecule has 10 nitrogen and oxygen atoms in total. The van der Waals surface area contributed by atoms with Crippen LogP contribution in [0.15, 0.2) is 36.7 Å². The molecule has 1 saturated carbocycles. The Bertz CT molecular complexity index is 1450. The lowest BCUT2D eigenvalue weighted by Gasteiger charge is -2.26. The number of nitrogens with zero attached hydrogens (tertiary/aromatic N) is 5. The molecule has 2 aromatic heterocycles. The number of nitrogens with one attached hydrogen (secondary N) is 1. The Morgan fingerprint density at radius 2 is 2.08 bits per heavy atom. The van der Waals surface area contributed by atoms with E-state index in [4.69, 9.17) is 14.6 Å². The maximum absolute atomic E-state index is 13.5. The van der Waals surface area contributed by atoms with Gasteiger partial charge in [0, 0.05) is 31.8 Å². The molecule has 2 aliphatic rings. The van der Waals surface area contributed by atoms with Crippen molar-refractivity contribution >= 4 is 40.9 Å². The average Bonchev–Trinajstić information content (AvgIpc) is 3.25. The van der Waals surface area contributed by atoms with E-state index in [1.165, 1.54) is 15.6 Å². The van der Waals surface area contributed by atoms with Crippen LogP contribution in [0.25, 0.3) is 11.7 Å². The van der Waals surface area contributed by atoms with E-state index >= 15 is 0 Å². The van der Waals surface area contributed by atoms with Crippen molar-refractivity contribution in [2.45, 2.75) is 58.4 Å². The van der Waals surface area contributed by atoms with Crippen LogP contribution in [-0.2, 0) is 15.9 Å². The third-order valence-electron chi connectivity index (χ3n) is 6.58. The second-order valence-electron chi connectivity index (χ2n) is 10.6. The summed E-state index contributed by atoms with van der Waals surface area (Å²) in [6, 6.07) is 7.27. The quantitative estimate of drug-likeness (QED) is 0.439. The van der Waals surface area contributed by atoms with Crippen LogP contribution >= 0.6 is 0 Å². The first kappa shape index (κ1) is 26.5. The molecular weight excluding hydrogens is 503 g/mol. The van der Waals surface area contributed by atoms with E-state index in [0.29, 0.717) is 36.7 Å². The van der Waals surface area contributed by atoms with Crippen molar-refractivity contribution in [2.24, 2.45) is 0 Å². The lowest BCUT2D eigenvalue weighted by Crippen LogP contribution is -2.35. The summed E-state index contributed by atoms with van der Waals surface area (Å²) >= 11 is 0. The van der Waals surface area contributed by atoms with Gasteiger partial charge in [-0.15, -0.1) is 5.10 Å². The van der Waals surface area contributed by atoms with Crippen molar-refractivity contribution in [1.29, 1.82) is 0 Å². The van der Waals surface area contributed by atoms with Crippen molar-refractivity contribution in [3.05, 3.63) is 53.5 Å². The van der Waals surface area contributed by atoms with Gasteiger partial charge in [0.2, 0.25) is 0 Å². The number of hydrogen-bond acceptors (Lipinski definition) is 7. The summed E-state index contributed by atoms with van der Waals surface area (Å²) in [5, 5.41) is 7.45. The van der Waals surface area contributed by atoms with E-state index in [1.807, 2.05) is 36.1 Å². The molecule has 0 spiro atoms. The molecule has 1 aromatic carbocycles. The standard InChI is InChI=1S/C28H33FN6O4/c1-6-38-13-11-17-8-7-9-21-18(17)10-12-34(21)24-15-22(33(5)27(37)39-28(2,3)4)25-30-16-23(35(25)32-24)26(36)31-20-14-19(20)29/h7-9,11,13,15-16,19-20H,6,10,12,14H2,1-5H3,(H,31,36)/b13-11+/t19-,20+/m0/s1. The molecule has 39 heavy (non-hydrogen) atoms. The molecule has 1 N–H and O–H groups in total. The normalized spacial score (nSPS) is 18.4. The number of rotatable bonds is 7. The van der Waals surface area contributed by atoms with Crippen molar-refractivity contribution in [2.75, 3.05) is 30.0 Å². The van der Waals surface area contributed by atoms with Gasteiger partial charge in [0.25, 0.3) is 5.91 Å². The van der Waals surface area contributed by atoms with Crippen molar-refractivity contribution in [3.8, 4) is 0 Å². The fraction of sp³-hybridized carbons (Fsp3) is 0.429. The molecule has 1 aliphatic carbocycles. The molecule has 0 unspecified atom stereocenters. The fourth-order valence-electron chi connectivity index (χ4n) is 4.53. The average molecular weight is 537 g/mol. The highest BCUT2D eigenvalue weighted by Gasteiger charge is 2.39. The first-order chi connectivity index (χ1) is 18.6. The van der Waals surface area contributed by atoms with Crippen LogP contribution in [0.5, 0.6) is 0 Å². The van der Waals surface area contributed by atoms with Gasteiger partial charge in [0.1, 0.15) is 11.8 Å². The summed E-state index contributed by atoms with van der Waals surface area (Å²) in [6.45, 7) is 8.53. The minimum atomic E-state index is -1.04. The number of benzene rings is 1. The summed E-state index contributed by atoms with van der Waals surface area (Å²) in [7, 11) is 1.59. The summed E-state index contributed by atoms with van der Waals surface area (Å²) < 4.78 is 25.9. The Balaban J connectivity index is 1.58. The number of amides is 2. The number of ether oxygens (including phenoxy) is 2. The largest absolute Gasteiger partial charge is 0.501 e. The Morgan fingerprint density at radius 3 is 2.77 bits per heavy atom. The highest BCUT2D eigenvalue weighted by atomic mass is 19.1. The fourth-order valence-corrected chi connectivity index (χ4v) is 4.53. The van der Waals surface area contributed by atoms with Crippen LogP contribution in [0.1, 0.15) is 55.7 Å². The smallest absolute Gasteiger partial charge is 0.414 e. The molecule has 0 bridgehead atoms. The predicted molar refractivity (Wildman–Crippen MR) is 146 cm³/mol. The second kappa shape index (κ2) is 10.2. The molecule has 1 aliphatic heterocycles. The molecular formula is C28H33FN6O4. The van der Waals surface area contributed by atoms with Crippen LogP contribution in [0, 0.1) is 0 Å². The number of anilines is 3. The van der Waals surface area contributed by atoms with Crippen LogP contribution < -0.4 is 15.1 Å². The summed E-state index contributed by atoms with van der Waals surface area (Å²) in [5.74, 6) is 0.0489. The van der Waals surface area contributed by atoms with Crippen molar-refractivity contribution < 1.29 is 23.5 Å². The lowest BCUT2D eigenvalue weighted by atomic mass is 10.1. The zero-order valence-electron chi connectivity index (χ0n) is 22.8. The van der Waals surface area contributed by atoms with E-state index in [1.54, 1.807) is 40.1 Å². The molecule has 1 fully saturated rings. The Morgan fingerprint density at radius 1 is 1.31 bits per heavy atom. The van der Waals surface area contributed by atoms with Gasteiger partial charge < -0.3 is 19.7 Å². The lowest BCUT2D eigenvalue weighted by molar-refractivity contribution is 0.0589. The molecule has 206 valence electrons. The second-order valence-corrected chi connectivity index (χ2v) is 10.6. The number of halogens is 1. The van der Waals surface area contributed by atoms with Crippen LogP contribution in [0.3, 0.4) is 0 Å². The number of imidazole rings is 1. The number of aromatic nitrogens is 3.